The van der Waals surface area contributed by atoms with E-state index in [4.69, 9.17) is 0 Å². The summed E-state index contributed by atoms with van der Waals surface area (Å²) in [6.07, 6.45) is 2.32. The minimum Gasteiger partial charge on any atom is -1.00 e. The lowest BCUT2D eigenvalue weighted by Crippen LogP contribution is -3.00. The molecule has 0 bridgehead atoms. The maximum atomic E-state index is 9.25. The molecule has 0 atom stereocenters. The molecule has 0 saturated carbocycles. The SMILES string of the molecule is CCC(CC)[NH2+]c1cccc(O)c1.[Cl-]. The molecule has 2 nitrogen and oxygen atoms in total. The van der Waals surface area contributed by atoms with Gasteiger partial charge in [0.15, 0.2) is 0 Å². The smallest absolute Gasteiger partial charge is 0.133 e. The molecule has 0 saturated heterocycles. The van der Waals surface area contributed by atoms with Crippen molar-refractivity contribution in [3.8, 4) is 5.75 Å². The second-order valence-corrected chi connectivity index (χ2v) is 3.34. The average Bonchev–Trinajstić information content (AvgIpc) is 2.14. The molecular weight excluding hydrogens is 198 g/mol. The molecule has 1 rings (SSSR count). The van der Waals surface area contributed by atoms with Crippen LogP contribution in [0.25, 0.3) is 0 Å². The Hall–Kier alpha value is -0.730. The molecule has 0 amide bonds. The van der Waals surface area contributed by atoms with Crippen LogP contribution in [0.1, 0.15) is 26.7 Å². The first-order valence-electron chi connectivity index (χ1n) is 4.90. The zero-order valence-corrected chi connectivity index (χ0v) is 9.46. The number of aromatic hydroxyl groups is 1. The molecule has 80 valence electrons. The summed E-state index contributed by atoms with van der Waals surface area (Å²) in [5.74, 6) is 0.347. The first-order valence-corrected chi connectivity index (χ1v) is 4.90. The van der Waals surface area contributed by atoms with Gasteiger partial charge in [-0.05, 0) is 25.0 Å². The second-order valence-electron chi connectivity index (χ2n) is 3.34. The minimum atomic E-state index is 0. The van der Waals surface area contributed by atoms with Crippen molar-refractivity contribution in [3.63, 3.8) is 0 Å². The molecule has 1 aromatic rings. The lowest BCUT2D eigenvalue weighted by molar-refractivity contribution is -0.611. The van der Waals surface area contributed by atoms with Crippen LogP contribution in [0.15, 0.2) is 24.3 Å². The third kappa shape index (κ3) is 3.99. The topological polar surface area (TPSA) is 36.8 Å². The highest BCUT2D eigenvalue weighted by atomic mass is 35.5. The summed E-state index contributed by atoms with van der Waals surface area (Å²) in [6.45, 7) is 4.38. The van der Waals surface area contributed by atoms with Crippen LogP contribution < -0.4 is 17.7 Å². The first-order chi connectivity index (χ1) is 6.26. The van der Waals surface area contributed by atoms with Crippen molar-refractivity contribution >= 4 is 5.69 Å². The Morgan fingerprint density at radius 1 is 1.29 bits per heavy atom. The van der Waals surface area contributed by atoms with Gasteiger partial charge >= 0.3 is 0 Å². The zero-order valence-electron chi connectivity index (χ0n) is 8.70. The molecule has 1 aromatic carbocycles. The van der Waals surface area contributed by atoms with Crippen molar-refractivity contribution in [2.45, 2.75) is 32.7 Å². The quantitative estimate of drug-likeness (QED) is 0.608. The van der Waals surface area contributed by atoms with Gasteiger partial charge in [-0.15, -0.1) is 0 Å². The summed E-state index contributed by atoms with van der Waals surface area (Å²) in [4.78, 5) is 0. The molecule has 0 fully saturated rings. The lowest BCUT2D eigenvalue weighted by atomic mass is 10.1. The van der Waals surface area contributed by atoms with Gasteiger partial charge in [-0.25, -0.2) is 0 Å². The second kappa shape index (κ2) is 6.68. The molecule has 0 aliphatic heterocycles. The van der Waals surface area contributed by atoms with Gasteiger partial charge in [-0.1, -0.05) is 19.9 Å². The molecule has 0 unspecified atom stereocenters. The third-order valence-corrected chi connectivity index (χ3v) is 2.35. The van der Waals surface area contributed by atoms with Crippen LogP contribution >= 0.6 is 0 Å². The predicted molar refractivity (Wildman–Crippen MR) is 54.1 cm³/mol. The maximum absolute atomic E-state index is 9.25. The van der Waals surface area contributed by atoms with Gasteiger partial charge < -0.3 is 22.8 Å². The highest BCUT2D eigenvalue weighted by Gasteiger charge is 2.07. The molecule has 0 aromatic heterocycles. The predicted octanol–water partition coefficient (Wildman–Crippen LogP) is -1.22. The van der Waals surface area contributed by atoms with Crippen molar-refractivity contribution in [3.05, 3.63) is 24.3 Å². The van der Waals surface area contributed by atoms with Gasteiger partial charge in [-0.3, -0.25) is 0 Å². The molecule has 14 heavy (non-hydrogen) atoms. The highest BCUT2D eigenvalue weighted by molar-refractivity contribution is 5.36. The molecule has 0 heterocycles. The van der Waals surface area contributed by atoms with Crippen LogP contribution in [0.5, 0.6) is 5.75 Å². The Morgan fingerprint density at radius 3 is 2.43 bits per heavy atom. The number of halogens is 1. The summed E-state index contributed by atoms with van der Waals surface area (Å²) in [7, 11) is 0. The van der Waals surface area contributed by atoms with Crippen molar-refractivity contribution in [1.29, 1.82) is 0 Å². The van der Waals surface area contributed by atoms with Crippen LogP contribution in [-0.2, 0) is 0 Å². The maximum Gasteiger partial charge on any atom is 0.133 e. The van der Waals surface area contributed by atoms with Gasteiger partial charge in [0.2, 0.25) is 0 Å². The number of quaternary nitrogens is 1. The molecule has 3 heteroatoms. The van der Waals surface area contributed by atoms with E-state index in [2.05, 4.69) is 19.2 Å². The zero-order chi connectivity index (χ0) is 9.68. The van der Waals surface area contributed by atoms with E-state index >= 15 is 0 Å². The normalized spacial score (nSPS) is 9.93. The van der Waals surface area contributed by atoms with E-state index in [0.717, 1.165) is 18.5 Å². The molecular formula is C11H18ClNO. The average molecular weight is 216 g/mol. The number of benzene rings is 1. The Labute approximate surface area is 91.8 Å². The summed E-state index contributed by atoms with van der Waals surface area (Å²) in [5.41, 5.74) is 1.12. The molecule has 0 radical (unpaired) electrons. The van der Waals surface area contributed by atoms with E-state index < -0.39 is 0 Å². The Morgan fingerprint density at radius 2 is 1.93 bits per heavy atom. The summed E-state index contributed by atoms with van der Waals surface area (Å²) in [6, 6.07) is 8.03. The van der Waals surface area contributed by atoms with Crippen LogP contribution in [0.2, 0.25) is 0 Å². The molecule has 3 N–H and O–H groups in total. The van der Waals surface area contributed by atoms with Crippen molar-refractivity contribution in [2.75, 3.05) is 0 Å². The van der Waals surface area contributed by atoms with Crippen molar-refractivity contribution in [1.82, 2.24) is 0 Å². The van der Waals surface area contributed by atoms with Crippen LogP contribution in [-0.4, -0.2) is 11.1 Å². The fourth-order valence-electron chi connectivity index (χ4n) is 1.43. The number of hydrogen-bond acceptors (Lipinski definition) is 1. The summed E-state index contributed by atoms with van der Waals surface area (Å²) in [5, 5.41) is 11.5. The van der Waals surface area contributed by atoms with Gasteiger partial charge in [-0.2, -0.15) is 0 Å². The molecule has 0 spiro atoms. The van der Waals surface area contributed by atoms with Gasteiger partial charge in [0.1, 0.15) is 11.4 Å². The van der Waals surface area contributed by atoms with Crippen LogP contribution in [0.3, 0.4) is 0 Å². The van der Waals surface area contributed by atoms with E-state index in [1.165, 1.54) is 0 Å². The number of phenolic OH excluding ortho intramolecular Hbond substituents is 1. The molecule has 0 aliphatic rings. The number of hydrogen-bond donors (Lipinski definition) is 2. The van der Waals surface area contributed by atoms with Crippen molar-refractivity contribution in [2.24, 2.45) is 0 Å². The van der Waals surface area contributed by atoms with Gasteiger partial charge in [0.05, 0.1) is 6.04 Å². The van der Waals surface area contributed by atoms with Crippen LogP contribution in [0, 0.1) is 0 Å². The fourth-order valence-corrected chi connectivity index (χ4v) is 1.43. The minimum absolute atomic E-state index is 0. The third-order valence-electron chi connectivity index (χ3n) is 2.35. The fraction of sp³-hybridized carbons (Fsp3) is 0.455. The standard InChI is InChI=1S/C11H17NO.ClH/c1-3-9(4-2)12-10-6-5-7-11(13)8-10;/h5-9,12-13H,3-4H2,1-2H3;1H. The Bertz CT molecular complexity index is 261. The summed E-state index contributed by atoms with van der Waals surface area (Å²) >= 11 is 0. The molecule has 0 aliphatic carbocycles. The Balaban J connectivity index is 0.00000169. The van der Waals surface area contributed by atoms with Gasteiger partial charge in [0.25, 0.3) is 0 Å². The van der Waals surface area contributed by atoms with Crippen molar-refractivity contribution < 1.29 is 22.8 Å². The Kier molecular flexibility index (Phi) is 6.34. The number of phenols is 1. The largest absolute Gasteiger partial charge is 1.00 e. The number of rotatable bonds is 4. The highest BCUT2D eigenvalue weighted by Crippen LogP contribution is 2.11. The lowest BCUT2D eigenvalue weighted by Gasteiger charge is -2.10. The van der Waals surface area contributed by atoms with E-state index in [0.29, 0.717) is 11.8 Å². The first kappa shape index (κ1) is 13.3. The van der Waals surface area contributed by atoms with Crippen LogP contribution in [0.4, 0.5) is 5.69 Å². The summed E-state index contributed by atoms with van der Waals surface area (Å²) < 4.78 is 0. The monoisotopic (exact) mass is 215 g/mol. The van der Waals surface area contributed by atoms with E-state index in [1.54, 1.807) is 12.1 Å². The number of nitrogens with two attached hydrogens (primary N) is 1. The van der Waals surface area contributed by atoms with E-state index in [9.17, 15) is 5.11 Å². The van der Waals surface area contributed by atoms with E-state index in [1.807, 2.05) is 12.1 Å². The van der Waals surface area contributed by atoms with Gasteiger partial charge in [0, 0.05) is 6.07 Å². The van der Waals surface area contributed by atoms with E-state index in [-0.39, 0.29) is 12.4 Å².